The Bertz CT molecular complexity index is 739. The second-order valence-electron chi connectivity index (χ2n) is 4.47. The highest BCUT2D eigenvalue weighted by molar-refractivity contribution is 6.31. The van der Waals surface area contributed by atoms with Gasteiger partial charge in [-0.1, -0.05) is 18.5 Å². The lowest BCUT2D eigenvalue weighted by Crippen LogP contribution is -2.04. The topological polar surface area (TPSA) is 51.0 Å². The molecule has 2 heterocycles. The quantitative estimate of drug-likeness (QED) is 0.774. The summed E-state index contributed by atoms with van der Waals surface area (Å²) in [5.41, 5.74) is 1.50. The van der Waals surface area contributed by atoms with Gasteiger partial charge in [0.05, 0.1) is 0 Å². The van der Waals surface area contributed by atoms with Crippen LogP contribution in [0.4, 0.5) is 5.82 Å². The van der Waals surface area contributed by atoms with E-state index in [4.69, 9.17) is 16.0 Å². The Morgan fingerprint density at radius 2 is 2.05 bits per heavy atom. The fourth-order valence-electron chi connectivity index (χ4n) is 2.02. The number of rotatable bonds is 4. The molecular formula is C15H14ClN3O. The predicted octanol–water partition coefficient (Wildman–Crippen LogP) is 4.37. The van der Waals surface area contributed by atoms with Crippen LogP contribution >= 0.6 is 11.6 Å². The normalized spacial score (nSPS) is 10.9. The lowest BCUT2D eigenvalue weighted by atomic mass is 10.2. The van der Waals surface area contributed by atoms with Gasteiger partial charge >= 0.3 is 0 Å². The summed E-state index contributed by atoms with van der Waals surface area (Å²) in [6, 6.07) is 7.47. The zero-order chi connectivity index (χ0) is 13.9. The monoisotopic (exact) mass is 287 g/mol. The Morgan fingerprint density at radius 1 is 1.20 bits per heavy atom. The van der Waals surface area contributed by atoms with Crippen LogP contribution in [-0.2, 0) is 0 Å². The molecule has 1 N–H and O–H groups in total. The van der Waals surface area contributed by atoms with Gasteiger partial charge in [0.1, 0.15) is 11.3 Å². The van der Waals surface area contributed by atoms with Crippen molar-refractivity contribution in [2.24, 2.45) is 0 Å². The van der Waals surface area contributed by atoms with Gasteiger partial charge in [-0.3, -0.25) is 0 Å². The maximum atomic E-state index is 5.99. The Balaban J connectivity index is 2.06. The molecule has 0 spiro atoms. The van der Waals surface area contributed by atoms with Crippen LogP contribution in [0, 0.1) is 0 Å². The first-order valence-electron chi connectivity index (χ1n) is 6.52. The van der Waals surface area contributed by atoms with Crippen LogP contribution in [-0.4, -0.2) is 16.5 Å². The summed E-state index contributed by atoms with van der Waals surface area (Å²) >= 11 is 5.99. The van der Waals surface area contributed by atoms with Crippen molar-refractivity contribution in [2.75, 3.05) is 11.9 Å². The molecule has 102 valence electrons. The van der Waals surface area contributed by atoms with Gasteiger partial charge in [0.15, 0.2) is 11.6 Å². The maximum Gasteiger partial charge on any atom is 0.157 e. The molecule has 0 bridgehead atoms. The molecule has 5 heteroatoms. The van der Waals surface area contributed by atoms with E-state index in [9.17, 15) is 0 Å². The van der Waals surface area contributed by atoms with Crippen molar-refractivity contribution in [3.05, 3.63) is 41.7 Å². The minimum Gasteiger partial charge on any atom is -0.454 e. The van der Waals surface area contributed by atoms with E-state index in [-0.39, 0.29) is 0 Å². The Labute approximate surface area is 121 Å². The molecule has 0 saturated heterocycles. The fraction of sp³-hybridized carbons (Fsp3) is 0.200. The van der Waals surface area contributed by atoms with Crippen molar-refractivity contribution in [1.29, 1.82) is 0 Å². The van der Waals surface area contributed by atoms with Gasteiger partial charge in [0.25, 0.3) is 0 Å². The summed E-state index contributed by atoms with van der Waals surface area (Å²) in [7, 11) is 0. The summed E-state index contributed by atoms with van der Waals surface area (Å²) in [5, 5.41) is 4.90. The zero-order valence-corrected chi connectivity index (χ0v) is 11.8. The standard InChI is InChI=1S/C15H14ClN3O/c1-2-5-18-15-14(17-6-7-19-15)13-9-10-8-11(16)3-4-12(10)20-13/h3-4,6-9H,2,5H2,1H3,(H,18,19). The maximum absolute atomic E-state index is 5.99. The first-order chi connectivity index (χ1) is 9.78. The number of fused-ring (bicyclic) bond motifs is 1. The third kappa shape index (κ3) is 2.47. The number of benzene rings is 1. The molecule has 0 radical (unpaired) electrons. The predicted molar refractivity (Wildman–Crippen MR) is 81.0 cm³/mol. The summed E-state index contributed by atoms with van der Waals surface area (Å²) in [4.78, 5) is 8.69. The number of anilines is 1. The van der Waals surface area contributed by atoms with Gasteiger partial charge in [-0.05, 0) is 30.7 Å². The smallest absolute Gasteiger partial charge is 0.157 e. The van der Waals surface area contributed by atoms with Crippen LogP contribution in [0.5, 0.6) is 0 Å². The summed E-state index contributed by atoms with van der Waals surface area (Å²) in [5.74, 6) is 1.42. The Hall–Kier alpha value is -2.07. The van der Waals surface area contributed by atoms with Crippen molar-refractivity contribution < 1.29 is 4.42 Å². The largest absolute Gasteiger partial charge is 0.454 e. The molecule has 0 atom stereocenters. The van der Waals surface area contributed by atoms with Crippen molar-refractivity contribution >= 4 is 28.4 Å². The van der Waals surface area contributed by atoms with E-state index in [1.807, 2.05) is 24.3 Å². The fourth-order valence-corrected chi connectivity index (χ4v) is 2.20. The Morgan fingerprint density at radius 3 is 2.90 bits per heavy atom. The van der Waals surface area contributed by atoms with Gasteiger partial charge in [0, 0.05) is 29.3 Å². The molecule has 1 aromatic carbocycles. The van der Waals surface area contributed by atoms with Crippen molar-refractivity contribution in [3.8, 4) is 11.5 Å². The second kappa shape index (κ2) is 5.51. The van der Waals surface area contributed by atoms with Gasteiger partial charge < -0.3 is 9.73 Å². The zero-order valence-electron chi connectivity index (χ0n) is 11.1. The van der Waals surface area contributed by atoms with E-state index in [1.165, 1.54) is 0 Å². The number of furan rings is 1. The molecule has 4 nitrogen and oxygen atoms in total. The van der Waals surface area contributed by atoms with Crippen LogP contribution in [0.3, 0.4) is 0 Å². The molecule has 3 aromatic rings. The van der Waals surface area contributed by atoms with Crippen molar-refractivity contribution in [2.45, 2.75) is 13.3 Å². The van der Waals surface area contributed by atoms with Crippen LogP contribution in [0.1, 0.15) is 13.3 Å². The van der Waals surface area contributed by atoms with Crippen molar-refractivity contribution in [3.63, 3.8) is 0 Å². The molecule has 0 unspecified atom stereocenters. The Kier molecular flexibility index (Phi) is 3.56. The van der Waals surface area contributed by atoms with Gasteiger partial charge in [0.2, 0.25) is 0 Å². The van der Waals surface area contributed by atoms with Crippen molar-refractivity contribution in [1.82, 2.24) is 9.97 Å². The second-order valence-corrected chi connectivity index (χ2v) is 4.91. The van der Waals surface area contributed by atoms with Gasteiger partial charge in [-0.15, -0.1) is 0 Å². The molecule has 3 rings (SSSR count). The minimum absolute atomic E-state index is 0.688. The van der Waals surface area contributed by atoms with Gasteiger partial charge in [-0.2, -0.15) is 0 Å². The average molecular weight is 288 g/mol. The number of hydrogen-bond acceptors (Lipinski definition) is 4. The van der Waals surface area contributed by atoms with E-state index in [0.29, 0.717) is 16.5 Å². The number of nitrogens with one attached hydrogen (secondary N) is 1. The third-order valence-corrected chi connectivity index (χ3v) is 3.19. The lowest BCUT2D eigenvalue weighted by molar-refractivity contribution is 0.628. The van der Waals surface area contributed by atoms with Crippen LogP contribution in [0.25, 0.3) is 22.4 Å². The summed E-state index contributed by atoms with van der Waals surface area (Å²) < 4.78 is 5.83. The highest BCUT2D eigenvalue weighted by Crippen LogP contribution is 2.31. The molecule has 0 aliphatic heterocycles. The highest BCUT2D eigenvalue weighted by Gasteiger charge is 2.12. The summed E-state index contributed by atoms with van der Waals surface area (Å²) in [6.45, 7) is 2.95. The van der Waals surface area contributed by atoms with E-state index in [2.05, 4.69) is 22.2 Å². The molecule has 0 aliphatic rings. The lowest BCUT2D eigenvalue weighted by Gasteiger charge is -2.06. The van der Waals surface area contributed by atoms with Crippen LogP contribution in [0.2, 0.25) is 5.02 Å². The highest BCUT2D eigenvalue weighted by atomic mass is 35.5. The molecule has 0 saturated carbocycles. The SMILES string of the molecule is CCCNc1nccnc1-c1cc2cc(Cl)ccc2o1. The molecule has 0 amide bonds. The molecule has 0 fully saturated rings. The average Bonchev–Trinajstić information content (AvgIpc) is 2.88. The molecule has 0 aliphatic carbocycles. The van der Waals surface area contributed by atoms with E-state index in [1.54, 1.807) is 12.4 Å². The third-order valence-electron chi connectivity index (χ3n) is 2.95. The number of halogens is 1. The molecular weight excluding hydrogens is 274 g/mol. The molecule has 2 aromatic heterocycles. The van der Waals surface area contributed by atoms with E-state index >= 15 is 0 Å². The molecule has 20 heavy (non-hydrogen) atoms. The minimum atomic E-state index is 0.688. The number of aromatic nitrogens is 2. The van der Waals surface area contributed by atoms with E-state index < -0.39 is 0 Å². The first kappa shape index (κ1) is 12.9. The van der Waals surface area contributed by atoms with Crippen LogP contribution in [0.15, 0.2) is 41.1 Å². The number of nitrogens with zero attached hydrogens (tertiary/aromatic N) is 2. The first-order valence-corrected chi connectivity index (χ1v) is 6.90. The van der Waals surface area contributed by atoms with Crippen LogP contribution < -0.4 is 5.32 Å². The number of hydrogen-bond donors (Lipinski definition) is 1. The van der Waals surface area contributed by atoms with E-state index in [0.717, 1.165) is 29.8 Å². The van der Waals surface area contributed by atoms with Gasteiger partial charge in [-0.25, -0.2) is 9.97 Å². The summed E-state index contributed by atoms with van der Waals surface area (Å²) in [6.07, 6.45) is 4.35.